The van der Waals surface area contributed by atoms with Gasteiger partial charge in [-0.1, -0.05) is 43.2 Å². The lowest BCUT2D eigenvalue weighted by atomic mass is 9.78. The second kappa shape index (κ2) is 8.46. The van der Waals surface area contributed by atoms with Crippen molar-refractivity contribution in [2.45, 2.75) is 31.1 Å². The number of fused-ring (bicyclic) bond motifs is 1. The van der Waals surface area contributed by atoms with Crippen molar-refractivity contribution in [1.29, 1.82) is 0 Å². The summed E-state index contributed by atoms with van der Waals surface area (Å²) in [7, 11) is 1.68. The number of methoxy groups -OCH3 is 1. The van der Waals surface area contributed by atoms with Crippen LogP contribution in [0.15, 0.2) is 73.2 Å². The van der Waals surface area contributed by atoms with Crippen molar-refractivity contribution in [3.05, 3.63) is 84.3 Å². The van der Waals surface area contributed by atoms with Crippen LogP contribution < -0.4 is 10.1 Å². The van der Waals surface area contributed by atoms with Gasteiger partial charge in [-0.05, 0) is 42.7 Å². The molecular weight excluding hydrogens is 400 g/mol. The first-order chi connectivity index (χ1) is 15.7. The van der Waals surface area contributed by atoms with E-state index in [0.717, 1.165) is 29.5 Å². The number of hydrogen-bond acceptors (Lipinski definition) is 4. The van der Waals surface area contributed by atoms with Gasteiger partial charge >= 0.3 is 0 Å². The summed E-state index contributed by atoms with van der Waals surface area (Å²) in [6.45, 7) is 0.611. The molecule has 6 heteroatoms. The topological polar surface area (TPSA) is 69.0 Å². The lowest BCUT2D eigenvalue weighted by molar-refractivity contribution is 0.0944. The van der Waals surface area contributed by atoms with Gasteiger partial charge in [0.05, 0.1) is 18.2 Å². The smallest absolute Gasteiger partial charge is 0.253 e. The van der Waals surface area contributed by atoms with Crippen LogP contribution in [-0.4, -0.2) is 34.1 Å². The number of aromatic nitrogens is 3. The summed E-state index contributed by atoms with van der Waals surface area (Å²) >= 11 is 0. The highest BCUT2D eigenvalue weighted by Crippen LogP contribution is 2.41. The van der Waals surface area contributed by atoms with E-state index in [1.165, 1.54) is 18.4 Å². The van der Waals surface area contributed by atoms with Crippen molar-refractivity contribution in [1.82, 2.24) is 19.9 Å². The highest BCUT2D eigenvalue weighted by Gasteiger charge is 2.36. The molecule has 0 atom stereocenters. The van der Waals surface area contributed by atoms with Crippen molar-refractivity contribution >= 4 is 16.8 Å². The molecule has 0 spiro atoms. The molecule has 1 aliphatic carbocycles. The van der Waals surface area contributed by atoms with Crippen LogP contribution >= 0.6 is 0 Å². The quantitative estimate of drug-likeness (QED) is 0.486. The van der Waals surface area contributed by atoms with Gasteiger partial charge in [-0.25, -0.2) is 9.97 Å². The number of ether oxygens (including phenoxy) is 1. The third-order valence-electron chi connectivity index (χ3n) is 6.57. The number of carbonyl (C=O) groups is 1. The first-order valence-corrected chi connectivity index (χ1v) is 11.0. The Morgan fingerprint density at radius 2 is 1.75 bits per heavy atom. The highest BCUT2D eigenvalue weighted by molar-refractivity contribution is 6.07. The van der Waals surface area contributed by atoms with E-state index in [9.17, 15) is 4.79 Å². The van der Waals surface area contributed by atoms with Gasteiger partial charge in [0.25, 0.3) is 5.91 Å². The number of hydrogen-bond donors (Lipinski definition) is 1. The molecule has 4 aromatic rings. The molecule has 0 unspecified atom stereocenters. The summed E-state index contributed by atoms with van der Waals surface area (Å²) in [6.07, 6.45) is 9.73. The van der Waals surface area contributed by atoms with Crippen LogP contribution in [0, 0.1) is 0 Å². The molecule has 0 aliphatic heterocycles. The molecule has 2 aromatic carbocycles. The fraction of sp³-hybridized carbons (Fsp3) is 0.269. The predicted octanol–water partition coefficient (Wildman–Crippen LogP) is 4.67. The normalized spacial score (nSPS) is 15.0. The van der Waals surface area contributed by atoms with E-state index < -0.39 is 0 Å². The van der Waals surface area contributed by atoms with E-state index in [2.05, 4.69) is 27.4 Å². The second-order valence-electron chi connectivity index (χ2n) is 8.38. The van der Waals surface area contributed by atoms with Crippen molar-refractivity contribution < 1.29 is 9.53 Å². The molecule has 162 valence electrons. The van der Waals surface area contributed by atoms with E-state index in [1.807, 2.05) is 47.2 Å². The number of nitrogens with one attached hydrogen (secondary N) is 1. The third-order valence-corrected chi connectivity index (χ3v) is 6.57. The Morgan fingerprint density at radius 3 is 2.47 bits per heavy atom. The van der Waals surface area contributed by atoms with Gasteiger partial charge in [-0.2, -0.15) is 0 Å². The van der Waals surface area contributed by atoms with Crippen molar-refractivity contribution in [2.75, 3.05) is 13.7 Å². The molecule has 0 saturated heterocycles. The van der Waals surface area contributed by atoms with Gasteiger partial charge < -0.3 is 10.1 Å². The first-order valence-electron chi connectivity index (χ1n) is 11.0. The Labute approximate surface area is 187 Å². The summed E-state index contributed by atoms with van der Waals surface area (Å²) in [5.74, 6) is 1.32. The Morgan fingerprint density at radius 1 is 1.03 bits per heavy atom. The van der Waals surface area contributed by atoms with E-state index >= 15 is 0 Å². The van der Waals surface area contributed by atoms with Gasteiger partial charge in [-0.3, -0.25) is 9.36 Å². The van der Waals surface area contributed by atoms with Crippen LogP contribution in [0.1, 0.15) is 41.6 Å². The zero-order chi connectivity index (χ0) is 22.0. The minimum Gasteiger partial charge on any atom is -0.497 e. The van der Waals surface area contributed by atoms with E-state index in [0.29, 0.717) is 18.1 Å². The number of nitrogens with zero attached hydrogens (tertiary/aromatic N) is 3. The lowest BCUT2D eigenvalue weighted by Gasteiger charge is -2.30. The van der Waals surface area contributed by atoms with Crippen LogP contribution in [0.2, 0.25) is 0 Å². The van der Waals surface area contributed by atoms with Crippen molar-refractivity contribution in [3.63, 3.8) is 0 Å². The maximum atomic E-state index is 13.3. The first kappa shape index (κ1) is 20.2. The molecule has 0 bridgehead atoms. The molecule has 1 N–H and O–H groups in total. The predicted molar refractivity (Wildman–Crippen MR) is 124 cm³/mol. The average Bonchev–Trinajstić information content (AvgIpc) is 3.49. The molecule has 2 aromatic heterocycles. The van der Waals surface area contributed by atoms with Gasteiger partial charge in [0.1, 0.15) is 5.75 Å². The molecule has 1 fully saturated rings. The molecule has 32 heavy (non-hydrogen) atoms. The summed E-state index contributed by atoms with van der Waals surface area (Å²) in [6, 6.07) is 17.9. The summed E-state index contributed by atoms with van der Waals surface area (Å²) in [4.78, 5) is 22.1. The monoisotopic (exact) mass is 426 g/mol. The zero-order valence-electron chi connectivity index (χ0n) is 18.1. The van der Waals surface area contributed by atoms with Crippen LogP contribution in [0.5, 0.6) is 5.75 Å². The van der Waals surface area contributed by atoms with E-state index in [4.69, 9.17) is 4.74 Å². The van der Waals surface area contributed by atoms with Crippen LogP contribution in [0.3, 0.4) is 0 Å². The van der Waals surface area contributed by atoms with Gasteiger partial charge in [0.2, 0.25) is 5.95 Å². The Kier molecular flexibility index (Phi) is 5.35. The van der Waals surface area contributed by atoms with Gasteiger partial charge in [0, 0.05) is 35.9 Å². The summed E-state index contributed by atoms with van der Waals surface area (Å²) < 4.78 is 7.19. The number of rotatable bonds is 6. The number of para-hydroxylation sites is 1. The van der Waals surface area contributed by atoms with E-state index in [1.54, 1.807) is 25.6 Å². The Hall–Kier alpha value is -3.67. The standard InChI is InChI=1S/C26H26N4O2/c1-32-20-11-9-19(10-12-20)26(13-4-5-14-26)18-29-24(31)22-17-30(25-27-15-6-16-28-25)23-8-3-2-7-21(22)23/h2-3,6-12,15-17H,4-5,13-14,18H2,1H3,(H,29,31). The Balaban J connectivity index is 1.43. The molecule has 1 saturated carbocycles. The molecule has 0 radical (unpaired) electrons. The van der Waals surface area contributed by atoms with Crippen LogP contribution in [0.25, 0.3) is 16.9 Å². The fourth-order valence-electron chi connectivity index (χ4n) is 4.85. The lowest BCUT2D eigenvalue weighted by Crippen LogP contribution is -2.39. The highest BCUT2D eigenvalue weighted by atomic mass is 16.5. The van der Waals surface area contributed by atoms with Gasteiger partial charge in [-0.15, -0.1) is 0 Å². The molecular formula is C26H26N4O2. The SMILES string of the molecule is COc1ccc(C2(CNC(=O)c3cn(-c4ncccn4)c4ccccc34)CCCC2)cc1. The summed E-state index contributed by atoms with van der Waals surface area (Å²) in [5.41, 5.74) is 2.77. The largest absolute Gasteiger partial charge is 0.497 e. The molecule has 1 aliphatic rings. The maximum absolute atomic E-state index is 13.3. The summed E-state index contributed by atoms with van der Waals surface area (Å²) in [5, 5.41) is 4.13. The zero-order valence-corrected chi connectivity index (χ0v) is 18.1. The molecule has 6 nitrogen and oxygen atoms in total. The molecule has 1 amide bonds. The van der Waals surface area contributed by atoms with Crippen molar-refractivity contribution in [2.24, 2.45) is 0 Å². The minimum absolute atomic E-state index is 0.0388. The molecule has 5 rings (SSSR count). The van der Waals surface area contributed by atoms with Gasteiger partial charge in [0.15, 0.2) is 0 Å². The van der Waals surface area contributed by atoms with Crippen molar-refractivity contribution in [3.8, 4) is 11.7 Å². The average molecular weight is 427 g/mol. The second-order valence-corrected chi connectivity index (χ2v) is 8.38. The minimum atomic E-state index is -0.0735. The maximum Gasteiger partial charge on any atom is 0.253 e. The number of carbonyl (C=O) groups excluding carboxylic acids is 1. The van der Waals surface area contributed by atoms with Crippen LogP contribution in [0.4, 0.5) is 0 Å². The number of benzene rings is 2. The molecule has 2 heterocycles. The number of amides is 1. The van der Waals surface area contributed by atoms with Crippen LogP contribution in [-0.2, 0) is 5.41 Å². The Bertz CT molecular complexity index is 1230. The third kappa shape index (κ3) is 3.62. The van der Waals surface area contributed by atoms with E-state index in [-0.39, 0.29) is 11.3 Å². The fourth-order valence-corrected chi connectivity index (χ4v) is 4.85.